The molecule has 3 nitrogen and oxygen atoms in total. The molecule has 0 N–H and O–H groups in total. The summed E-state index contributed by atoms with van der Waals surface area (Å²) in [4.78, 5) is 4.57. The van der Waals surface area contributed by atoms with Crippen molar-refractivity contribution in [3.05, 3.63) is 87.4 Å². The number of benzene rings is 3. The van der Waals surface area contributed by atoms with Gasteiger partial charge < -0.3 is 9.47 Å². The number of rotatable bonds is 7. The average Bonchev–Trinajstić information content (AvgIpc) is 2.68. The molecule has 0 aliphatic heterocycles. The van der Waals surface area contributed by atoms with Crippen LogP contribution in [-0.4, -0.2) is 12.8 Å². The molecule has 0 bridgehead atoms. The summed E-state index contributed by atoms with van der Waals surface area (Å²) in [6.45, 7) is 4.84. The smallest absolute Gasteiger partial charge is 0.161 e. The number of hydrogen-bond donors (Lipinski definition) is 0. The molecule has 0 saturated heterocycles. The van der Waals surface area contributed by atoms with Crippen LogP contribution >= 0.6 is 23.2 Å². The molecular formula is C23H21Cl2NO2. The summed E-state index contributed by atoms with van der Waals surface area (Å²) in [7, 11) is 0. The van der Waals surface area contributed by atoms with E-state index in [1.165, 1.54) is 0 Å². The predicted octanol–water partition coefficient (Wildman–Crippen LogP) is 7.03. The van der Waals surface area contributed by atoms with Gasteiger partial charge in [0.2, 0.25) is 0 Å². The maximum atomic E-state index is 6.22. The Hall–Kier alpha value is -2.49. The molecule has 144 valence electrons. The normalized spacial score (nSPS) is 11.0. The van der Waals surface area contributed by atoms with Crippen LogP contribution in [0, 0.1) is 6.92 Å². The topological polar surface area (TPSA) is 30.8 Å². The highest BCUT2D eigenvalue weighted by atomic mass is 35.5. The van der Waals surface area contributed by atoms with E-state index in [4.69, 9.17) is 32.7 Å². The second-order valence-corrected chi connectivity index (χ2v) is 7.05. The summed E-state index contributed by atoms with van der Waals surface area (Å²) in [6.07, 6.45) is 1.82. The number of aliphatic imine (C=N–C) groups is 1. The van der Waals surface area contributed by atoms with Gasteiger partial charge in [-0.2, -0.15) is 0 Å². The molecule has 3 aromatic carbocycles. The zero-order valence-electron chi connectivity index (χ0n) is 15.8. The molecule has 0 unspecified atom stereocenters. The van der Waals surface area contributed by atoms with Crippen LogP contribution in [0.15, 0.2) is 65.7 Å². The van der Waals surface area contributed by atoms with Gasteiger partial charge in [-0.05, 0) is 61.4 Å². The molecule has 3 aromatic rings. The van der Waals surface area contributed by atoms with Crippen molar-refractivity contribution in [1.82, 2.24) is 0 Å². The second kappa shape index (κ2) is 9.63. The van der Waals surface area contributed by atoms with Crippen molar-refractivity contribution in [2.45, 2.75) is 20.5 Å². The van der Waals surface area contributed by atoms with Crippen molar-refractivity contribution < 1.29 is 9.47 Å². The van der Waals surface area contributed by atoms with E-state index in [-0.39, 0.29) is 0 Å². The van der Waals surface area contributed by atoms with Crippen LogP contribution in [0.4, 0.5) is 5.69 Å². The van der Waals surface area contributed by atoms with Gasteiger partial charge >= 0.3 is 0 Å². The first-order valence-electron chi connectivity index (χ1n) is 9.00. The molecule has 28 heavy (non-hydrogen) atoms. The quantitative estimate of drug-likeness (QED) is 0.389. The van der Waals surface area contributed by atoms with Crippen LogP contribution in [0.2, 0.25) is 10.0 Å². The molecule has 0 aliphatic carbocycles. The highest BCUT2D eigenvalue weighted by Gasteiger charge is 2.08. The summed E-state index contributed by atoms with van der Waals surface area (Å²) in [6, 6.07) is 19.1. The molecule has 0 amide bonds. The van der Waals surface area contributed by atoms with E-state index in [1.54, 1.807) is 12.1 Å². The molecule has 0 radical (unpaired) electrons. The monoisotopic (exact) mass is 413 g/mol. The number of aryl methyl sites for hydroxylation is 1. The van der Waals surface area contributed by atoms with E-state index >= 15 is 0 Å². The maximum absolute atomic E-state index is 6.22. The number of para-hydroxylation sites is 1. The van der Waals surface area contributed by atoms with Crippen molar-refractivity contribution in [3.8, 4) is 11.5 Å². The summed E-state index contributed by atoms with van der Waals surface area (Å²) >= 11 is 12.2. The first-order valence-corrected chi connectivity index (χ1v) is 9.75. The van der Waals surface area contributed by atoms with Gasteiger partial charge in [-0.15, -0.1) is 0 Å². The Bertz CT molecular complexity index is 986. The third-order valence-corrected chi connectivity index (χ3v) is 4.72. The van der Waals surface area contributed by atoms with Gasteiger partial charge in [0.05, 0.1) is 12.3 Å². The lowest BCUT2D eigenvalue weighted by Crippen LogP contribution is -2.01. The maximum Gasteiger partial charge on any atom is 0.161 e. The highest BCUT2D eigenvalue weighted by Crippen LogP contribution is 2.30. The van der Waals surface area contributed by atoms with Crippen LogP contribution < -0.4 is 9.47 Å². The van der Waals surface area contributed by atoms with E-state index in [1.807, 2.05) is 68.6 Å². The number of halogens is 2. The molecule has 0 aromatic heterocycles. The minimum absolute atomic E-state index is 0.326. The fourth-order valence-corrected chi connectivity index (χ4v) is 3.10. The van der Waals surface area contributed by atoms with Gasteiger partial charge in [-0.1, -0.05) is 47.5 Å². The Morgan fingerprint density at radius 2 is 1.75 bits per heavy atom. The zero-order valence-corrected chi connectivity index (χ0v) is 17.3. The average molecular weight is 414 g/mol. The number of hydrogen-bond acceptors (Lipinski definition) is 3. The van der Waals surface area contributed by atoms with E-state index in [0.29, 0.717) is 34.8 Å². The fourth-order valence-electron chi connectivity index (χ4n) is 2.64. The SMILES string of the molecule is CCOc1cc(C=Nc2ccccc2C)ccc1OCc1ccc(Cl)cc1Cl. The molecule has 0 saturated carbocycles. The molecule has 0 aliphatic rings. The van der Waals surface area contributed by atoms with Crippen molar-refractivity contribution in [1.29, 1.82) is 0 Å². The summed E-state index contributed by atoms with van der Waals surface area (Å²) < 4.78 is 11.7. The Morgan fingerprint density at radius 1 is 0.929 bits per heavy atom. The Balaban J connectivity index is 1.78. The van der Waals surface area contributed by atoms with Crippen LogP contribution in [0.25, 0.3) is 0 Å². The van der Waals surface area contributed by atoms with Crippen LogP contribution in [-0.2, 0) is 6.61 Å². The van der Waals surface area contributed by atoms with Gasteiger partial charge in [0.15, 0.2) is 11.5 Å². The Kier molecular flexibility index (Phi) is 6.96. The molecular weight excluding hydrogens is 393 g/mol. The lowest BCUT2D eigenvalue weighted by Gasteiger charge is -2.13. The lowest BCUT2D eigenvalue weighted by atomic mass is 10.2. The van der Waals surface area contributed by atoms with Crippen LogP contribution in [0.5, 0.6) is 11.5 Å². The van der Waals surface area contributed by atoms with E-state index in [9.17, 15) is 0 Å². The fraction of sp³-hybridized carbons (Fsp3) is 0.174. The summed E-state index contributed by atoms with van der Waals surface area (Å²) in [5.74, 6) is 1.32. The molecule has 5 heteroatoms. The first-order chi connectivity index (χ1) is 13.6. The predicted molar refractivity (Wildman–Crippen MR) is 117 cm³/mol. The van der Waals surface area contributed by atoms with Gasteiger partial charge in [0.1, 0.15) is 6.61 Å². The van der Waals surface area contributed by atoms with Gasteiger partial charge in [0, 0.05) is 21.8 Å². The van der Waals surface area contributed by atoms with Crippen molar-refractivity contribution in [3.63, 3.8) is 0 Å². The van der Waals surface area contributed by atoms with Crippen molar-refractivity contribution >= 4 is 35.1 Å². The largest absolute Gasteiger partial charge is 0.490 e. The Labute approximate surface area is 175 Å². The van der Waals surface area contributed by atoms with Crippen molar-refractivity contribution in [2.24, 2.45) is 4.99 Å². The summed E-state index contributed by atoms with van der Waals surface area (Å²) in [5.41, 5.74) is 3.86. The third-order valence-electron chi connectivity index (χ3n) is 4.13. The molecule has 0 atom stereocenters. The van der Waals surface area contributed by atoms with Gasteiger partial charge in [-0.3, -0.25) is 4.99 Å². The van der Waals surface area contributed by atoms with Gasteiger partial charge in [0.25, 0.3) is 0 Å². The minimum Gasteiger partial charge on any atom is -0.490 e. The van der Waals surface area contributed by atoms with Crippen LogP contribution in [0.3, 0.4) is 0 Å². The zero-order chi connectivity index (χ0) is 19.9. The van der Waals surface area contributed by atoms with Gasteiger partial charge in [-0.25, -0.2) is 0 Å². The van der Waals surface area contributed by atoms with Crippen LogP contribution in [0.1, 0.15) is 23.6 Å². The summed E-state index contributed by atoms with van der Waals surface area (Å²) in [5, 5.41) is 1.17. The van der Waals surface area contributed by atoms with E-state index in [2.05, 4.69) is 4.99 Å². The first kappa shape index (κ1) is 20.2. The number of nitrogens with zero attached hydrogens (tertiary/aromatic N) is 1. The minimum atomic E-state index is 0.326. The highest BCUT2D eigenvalue weighted by molar-refractivity contribution is 6.35. The van der Waals surface area contributed by atoms with E-state index in [0.717, 1.165) is 22.4 Å². The van der Waals surface area contributed by atoms with E-state index < -0.39 is 0 Å². The lowest BCUT2D eigenvalue weighted by molar-refractivity contribution is 0.269. The standard InChI is InChI=1S/C23H21Cl2NO2/c1-3-27-23-12-17(14-26-21-7-5-4-6-16(21)2)8-11-22(23)28-15-18-9-10-19(24)13-20(18)25/h4-14H,3,15H2,1-2H3. The number of ether oxygens (including phenoxy) is 2. The molecule has 3 rings (SSSR count). The third kappa shape index (κ3) is 5.28. The molecule has 0 fully saturated rings. The second-order valence-electron chi connectivity index (χ2n) is 6.21. The molecule has 0 heterocycles. The van der Waals surface area contributed by atoms with Crippen molar-refractivity contribution in [2.75, 3.05) is 6.61 Å². The molecule has 0 spiro atoms. The Morgan fingerprint density at radius 3 is 2.50 bits per heavy atom.